The third-order valence-corrected chi connectivity index (χ3v) is 0. The second kappa shape index (κ2) is 8.87. The molecule has 26 valence electrons. The Kier molecular flexibility index (Phi) is 19.9. The molecular formula is Cl2MoO. The van der Waals surface area contributed by atoms with Crippen LogP contribution in [0.3, 0.4) is 0 Å². The minimum Gasteiger partial charge on any atom is -0.166 e. The number of hydrogen-bond acceptors (Lipinski definition) is 1. The van der Waals surface area contributed by atoms with Gasteiger partial charge in [0.25, 0.3) is 0 Å². The van der Waals surface area contributed by atoms with Gasteiger partial charge in [-0.15, -0.1) is 0 Å². The average Bonchev–Trinajstić information content (AvgIpc) is 0.918. The normalized spacial score (nSPS) is 4.50. The minimum atomic E-state index is 0. The molecule has 0 atom stereocenters. The van der Waals surface area contributed by atoms with Crippen LogP contribution in [0.15, 0.2) is 0 Å². The predicted octanol–water partition coefficient (Wildman–Crippen LogP) is 1.31. The van der Waals surface area contributed by atoms with E-state index in [-0.39, 0.29) is 21.1 Å². The smallest absolute Gasteiger partial charge is 0.0832 e. The molecule has 4 heavy (non-hydrogen) atoms. The van der Waals surface area contributed by atoms with Crippen molar-refractivity contribution in [2.75, 3.05) is 0 Å². The van der Waals surface area contributed by atoms with Crippen LogP contribution >= 0.6 is 23.7 Å². The maximum atomic E-state index is 4.26. The van der Waals surface area contributed by atoms with Crippen molar-refractivity contribution >= 4 is 23.7 Å². The fourth-order valence-corrected chi connectivity index (χ4v) is 0. The van der Waals surface area contributed by atoms with E-state index in [9.17, 15) is 0 Å². The van der Waals surface area contributed by atoms with E-state index in [0.29, 0.717) is 0 Å². The molecule has 0 N–H and O–H groups in total. The van der Waals surface area contributed by atoms with Crippen molar-refractivity contribution in [1.82, 2.24) is 0 Å². The summed E-state index contributed by atoms with van der Waals surface area (Å²) in [5.41, 5.74) is 0. The summed E-state index contributed by atoms with van der Waals surface area (Å²) in [6, 6.07) is 0. The number of rotatable bonds is 0. The van der Waals surface area contributed by atoms with Gasteiger partial charge in [0.05, 0.1) is 23.7 Å². The largest absolute Gasteiger partial charge is 0.166 e. The Morgan fingerprint density at radius 3 is 1.25 bits per heavy atom. The van der Waals surface area contributed by atoms with E-state index >= 15 is 0 Å². The number of halogens is 2. The van der Waals surface area contributed by atoms with Gasteiger partial charge < -0.3 is 0 Å². The first-order valence-electron chi connectivity index (χ1n) is 0.309. The molecule has 0 aliphatic rings. The van der Waals surface area contributed by atoms with E-state index in [4.69, 9.17) is 0 Å². The SMILES string of the molecule is ClOCl.[Mo]. The van der Waals surface area contributed by atoms with Gasteiger partial charge in [0.1, 0.15) is 0 Å². The Labute approximate surface area is 48.8 Å². The van der Waals surface area contributed by atoms with Gasteiger partial charge in [-0.05, 0) is 0 Å². The first-order valence-corrected chi connectivity index (χ1v) is 0.926. The van der Waals surface area contributed by atoms with Gasteiger partial charge in [0.2, 0.25) is 0 Å². The van der Waals surface area contributed by atoms with Gasteiger partial charge in [-0.25, -0.2) is 0 Å². The summed E-state index contributed by atoms with van der Waals surface area (Å²) in [6.45, 7) is 0. The zero-order valence-corrected chi connectivity index (χ0v) is 5.09. The third kappa shape index (κ3) is 10.6. The second-order valence-electron chi connectivity index (χ2n) is 0.0583. The van der Waals surface area contributed by atoms with Crippen molar-refractivity contribution in [2.45, 2.75) is 0 Å². The predicted molar refractivity (Wildman–Crippen MR) is 12.8 cm³/mol. The molecule has 0 aliphatic heterocycles. The van der Waals surface area contributed by atoms with Crippen LogP contribution in [-0.2, 0) is 24.9 Å². The van der Waals surface area contributed by atoms with Crippen molar-refractivity contribution in [3.63, 3.8) is 0 Å². The first kappa shape index (κ1) is 8.97. The minimum absolute atomic E-state index is 0. The third-order valence-electron chi connectivity index (χ3n) is 0. The van der Waals surface area contributed by atoms with E-state index in [0.717, 1.165) is 0 Å². The van der Waals surface area contributed by atoms with Crippen LogP contribution in [-0.4, -0.2) is 0 Å². The van der Waals surface area contributed by atoms with Crippen LogP contribution < -0.4 is 0 Å². The summed E-state index contributed by atoms with van der Waals surface area (Å²) >= 11 is 8.53. The molecule has 0 bridgehead atoms. The van der Waals surface area contributed by atoms with Crippen LogP contribution in [0.4, 0.5) is 0 Å². The van der Waals surface area contributed by atoms with Crippen LogP contribution in [0.1, 0.15) is 0 Å². The maximum absolute atomic E-state index is 4.26. The monoisotopic (exact) mass is 184 g/mol. The molecule has 4 heteroatoms. The van der Waals surface area contributed by atoms with E-state index in [2.05, 4.69) is 27.6 Å². The number of hydrogen-bond donors (Lipinski definition) is 0. The molecule has 0 aliphatic carbocycles. The van der Waals surface area contributed by atoms with Crippen LogP contribution in [0, 0.1) is 0 Å². The molecule has 0 fully saturated rings. The quantitative estimate of drug-likeness (QED) is 0.514. The Balaban J connectivity index is 0. The molecule has 0 aromatic carbocycles. The average molecular weight is 183 g/mol. The maximum Gasteiger partial charge on any atom is 0.0832 e. The molecule has 0 unspecified atom stereocenters. The van der Waals surface area contributed by atoms with Crippen molar-refractivity contribution in [3.05, 3.63) is 0 Å². The van der Waals surface area contributed by atoms with Gasteiger partial charge >= 0.3 is 0 Å². The zero-order chi connectivity index (χ0) is 2.71. The summed E-state index contributed by atoms with van der Waals surface area (Å²) in [5, 5.41) is 0. The van der Waals surface area contributed by atoms with Crippen LogP contribution in [0.2, 0.25) is 0 Å². The van der Waals surface area contributed by atoms with Gasteiger partial charge in [-0.3, -0.25) is 0 Å². The van der Waals surface area contributed by atoms with E-state index in [1.807, 2.05) is 0 Å². The topological polar surface area (TPSA) is 9.23 Å². The summed E-state index contributed by atoms with van der Waals surface area (Å²) < 4.78 is 3.19. The summed E-state index contributed by atoms with van der Waals surface area (Å²) in [7, 11) is 0. The fraction of sp³-hybridized carbons (Fsp3) is 0. The Hall–Kier alpha value is 1.23. The zero-order valence-electron chi connectivity index (χ0n) is 1.57. The molecule has 0 heterocycles. The van der Waals surface area contributed by atoms with Gasteiger partial charge in [0, 0.05) is 21.1 Å². The molecule has 0 aromatic heterocycles. The molecule has 0 rings (SSSR count). The summed E-state index contributed by atoms with van der Waals surface area (Å²) in [6.07, 6.45) is 0. The summed E-state index contributed by atoms with van der Waals surface area (Å²) in [4.78, 5) is 0. The molecule has 0 saturated carbocycles. The summed E-state index contributed by atoms with van der Waals surface area (Å²) in [5.74, 6) is 0. The van der Waals surface area contributed by atoms with Crippen LogP contribution in [0.25, 0.3) is 0 Å². The van der Waals surface area contributed by atoms with Crippen molar-refractivity contribution in [3.8, 4) is 0 Å². The standard InChI is InChI=1S/Cl2O.Mo/c1-3-2;. The first-order chi connectivity index (χ1) is 1.41. The molecule has 1 nitrogen and oxygen atoms in total. The molecule has 0 saturated heterocycles. The van der Waals surface area contributed by atoms with Gasteiger partial charge in [0.15, 0.2) is 0 Å². The molecule has 0 radical (unpaired) electrons. The van der Waals surface area contributed by atoms with E-state index in [1.54, 1.807) is 0 Å². The second-order valence-corrected chi connectivity index (χ2v) is 0.525. The Bertz CT molecular complexity index is 6.00. The van der Waals surface area contributed by atoms with Crippen molar-refractivity contribution in [1.29, 1.82) is 0 Å². The van der Waals surface area contributed by atoms with E-state index < -0.39 is 0 Å². The van der Waals surface area contributed by atoms with Crippen molar-refractivity contribution < 1.29 is 24.9 Å². The molecule has 0 spiro atoms. The van der Waals surface area contributed by atoms with Gasteiger partial charge in [-0.1, -0.05) is 0 Å². The Morgan fingerprint density at radius 1 is 1.25 bits per heavy atom. The fourth-order valence-electron chi connectivity index (χ4n) is 0. The molecular weight excluding hydrogens is 183 g/mol. The molecule has 0 aromatic rings. The van der Waals surface area contributed by atoms with E-state index in [1.165, 1.54) is 0 Å². The van der Waals surface area contributed by atoms with Crippen LogP contribution in [0.5, 0.6) is 0 Å². The molecule has 0 amide bonds. The van der Waals surface area contributed by atoms with Crippen molar-refractivity contribution in [2.24, 2.45) is 0 Å². The van der Waals surface area contributed by atoms with Gasteiger partial charge in [-0.2, -0.15) is 3.84 Å². The Morgan fingerprint density at radius 2 is 1.25 bits per heavy atom.